The quantitative estimate of drug-likeness (QED) is 0.393. The summed E-state index contributed by atoms with van der Waals surface area (Å²) in [5.74, 6) is -0.399. The molecule has 1 aromatic rings. The first kappa shape index (κ1) is 14.3. The van der Waals surface area contributed by atoms with Gasteiger partial charge in [-0.3, -0.25) is 4.79 Å². The summed E-state index contributed by atoms with van der Waals surface area (Å²) in [7, 11) is 0. The zero-order chi connectivity index (χ0) is 12.8. The molecule has 1 rings (SSSR count). The van der Waals surface area contributed by atoms with Crippen LogP contribution in [0.5, 0.6) is 0 Å². The number of benzene rings is 1. The van der Waals surface area contributed by atoms with Gasteiger partial charge < -0.3 is 4.74 Å². The number of ether oxygens (including phenoxy) is 1. The zero-order valence-electron chi connectivity index (χ0n) is 9.40. The normalized spacial score (nSPS) is 10.1. The first-order valence-electron chi connectivity index (χ1n) is 5.19. The molecule has 0 unspecified atom stereocenters. The van der Waals surface area contributed by atoms with E-state index in [1.165, 1.54) is 0 Å². The van der Waals surface area contributed by atoms with Crippen molar-refractivity contribution in [1.29, 1.82) is 0 Å². The standard InChI is InChI=1S/C12H13BrO3S/c1-2-16-12(15)9-4-3-8(7-11(9)17)10(14)5-6-13/h3-4,7,17H,2,5-6H2,1H3. The average molecular weight is 317 g/mol. The Morgan fingerprint density at radius 2 is 2.12 bits per heavy atom. The van der Waals surface area contributed by atoms with Crippen LogP contribution in [0.2, 0.25) is 0 Å². The topological polar surface area (TPSA) is 43.4 Å². The summed E-state index contributed by atoms with van der Waals surface area (Å²) in [6.07, 6.45) is 0.423. The predicted octanol–water partition coefficient (Wildman–Crippen LogP) is 3.12. The average Bonchev–Trinajstić information content (AvgIpc) is 2.29. The molecule has 0 aromatic heterocycles. The third-order valence-corrected chi connectivity index (χ3v) is 2.90. The molecule has 0 heterocycles. The molecule has 0 saturated carbocycles. The smallest absolute Gasteiger partial charge is 0.339 e. The van der Waals surface area contributed by atoms with Crippen molar-refractivity contribution < 1.29 is 14.3 Å². The predicted molar refractivity (Wildman–Crippen MR) is 72.4 cm³/mol. The number of halogens is 1. The number of Topliss-reactive ketones (excluding diaryl/α,β-unsaturated/α-hetero) is 1. The fraction of sp³-hybridized carbons (Fsp3) is 0.333. The van der Waals surface area contributed by atoms with Crippen molar-refractivity contribution in [3.8, 4) is 0 Å². The maximum Gasteiger partial charge on any atom is 0.339 e. The SMILES string of the molecule is CCOC(=O)c1ccc(C(=O)CCBr)cc1S. The van der Waals surface area contributed by atoms with Crippen molar-refractivity contribution in [2.45, 2.75) is 18.2 Å². The third kappa shape index (κ3) is 3.85. The molecule has 0 aliphatic carbocycles. The van der Waals surface area contributed by atoms with Gasteiger partial charge in [-0.05, 0) is 19.1 Å². The van der Waals surface area contributed by atoms with E-state index in [0.717, 1.165) is 0 Å². The van der Waals surface area contributed by atoms with Crippen LogP contribution in [0.25, 0.3) is 0 Å². The number of carbonyl (C=O) groups excluding carboxylic acids is 2. The van der Waals surface area contributed by atoms with E-state index in [4.69, 9.17) is 4.74 Å². The molecule has 3 nitrogen and oxygen atoms in total. The number of hydrogen-bond donors (Lipinski definition) is 1. The van der Waals surface area contributed by atoms with Crippen LogP contribution in [0.1, 0.15) is 34.1 Å². The van der Waals surface area contributed by atoms with Crippen molar-refractivity contribution in [2.75, 3.05) is 11.9 Å². The Balaban J connectivity index is 2.93. The van der Waals surface area contributed by atoms with Crippen molar-refractivity contribution in [3.05, 3.63) is 29.3 Å². The molecule has 1 aromatic carbocycles. The fourth-order valence-electron chi connectivity index (χ4n) is 1.32. The lowest BCUT2D eigenvalue weighted by molar-refractivity contribution is 0.0522. The Hall–Kier alpha value is -0.810. The van der Waals surface area contributed by atoms with Gasteiger partial charge in [0.2, 0.25) is 0 Å². The van der Waals surface area contributed by atoms with E-state index in [1.807, 2.05) is 0 Å². The second kappa shape index (κ2) is 6.81. The molecular formula is C12H13BrO3S. The molecule has 0 atom stereocenters. The summed E-state index contributed by atoms with van der Waals surface area (Å²) >= 11 is 7.41. The van der Waals surface area contributed by atoms with Crippen LogP contribution in [0.15, 0.2) is 23.1 Å². The Labute approximate surface area is 114 Å². The van der Waals surface area contributed by atoms with Gasteiger partial charge in [-0.15, -0.1) is 12.6 Å². The minimum absolute atomic E-state index is 0.0209. The van der Waals surface area contributed by atoms with Gasteiger partial charge in [0, 0.05) is 22.2 Å². The van der Waals surface area contributed by atoms with E-state index < -0.39 is 5.97 Å². The lowest BCUT2D eigenvalue weighted by atomic mass is 10.1. The highest BCUT2D eigenvalue weighted by atomic mass is 79.9. The Bertz CT molecular complexity index is 432. The van der Waals surface area contributed by atoms with Crippen LogP contribution in [0, 0.1) is 0 Å². The maximum absolute atomic E-state index is 11.6. The molecule has 92 valence electrons. The molecule has 0 radical (unpaired) electrons. The van der Waals surface area contributed by atoms with Crippen LogP contribution < -0.4 is 0 Å². The molecule has 17 heavy (non-hydrogen) atoms. The van der Waals surface area contributed by atoms with Gasteiger partial charge in [0.25, 0.3) is 0 Å². The summed E-state index contributed by atoms with van der Waals surface area (Å²) in [6.45, 7) is 2.06. The molecular weight excluding hydrogens is 304 g/mol. The molecule has 0 amide bonds. The largest absolute Gasteiger partial charge is 0.462 e. The van der Waals surface area contributed by atoms with Gasteiger partial charge in [-0.25, -0.2) is 4.79 Å². The highest BCUT2D eigenvalue weighted by Crippen LogP contribution is 2.18. The highest BCUT2D eigenvalue weighted by Gasteiger charge is 2.13. The van der Waals surface area contributed by atoms with Crippen molar-refractivity contribution in [1.82, 2.24) is 0 Å². The van der Waals surface area contributed by atoms with Gasteiger partial charge in [-0.2, -0.15) is 0 Å². The van der Waals surface area contributed by atoms with Gasteiger partial charge >= 0.3 is 5.97 Å². The van der Waals surface area contributed by atoms with Crippen molar-refractivity contribution in [2.24, 2.45) is 0 Å². The maximum atomic E-state index is 11.6. The lowest BCUT2D eigenvalue weighted by Gasteiger charge is -2.06. The van der Waals surface area contributed by atoms with E-state index in [9.17, 15) is 9.59 Å². The third-order valence-electron chi connectivity index (χ3n) is 2.14. The summed E-state index contributed by atoms with van der Waals surface area (Å²) in [5.41, 5.74) is 0.938. The summed E-state index contributed by atoms with van der Waals surface area (Å²) in [4.78, 5) is 23.6. The molecule has 5 heteroatoms. The molecule has 0 bridgehead atoms. The molecule has 0 spiro atoms. The monoisotopic (exact) mass is 316 g/mol. The highest BCUT2D eigenvalue weighted by molar-refractivity contribution is 9.09. The number of carbonyl (C=O) groups is 2. The number of ketones is 1. The first-order chi connectivity index (χ1) is 8.10. The Morgan fingerprint density at radius 1 is 1.41 bits per heavy atom. The van der Waals surface area contributed by atoms with Gasteiger partial charge in [0.05, 0.1) is 12.2 Å². The second-order valence-corrected chi connectivity index (χ2v) is 4.59. The molecule has 0 N–H and O–H groups in total. The molecule has 0 fully saturated rings. The molecule has 0 saturated heterocycles. The van der Waals surface area contributed by atoms with E-state index >= 15 is 0 Å². The summed E-state index contributed by atoms with van der Waals surface area (Å²) in [6, 6.07) is 4.79. The zero-order valence-corrected chi connectivity index (χ0v) is 11.9. The van der Waals surface area contributed by atoms with Crippen molar-refractivity contribution >= 4 is 40.3 Å². The van der Waals surface area contributed by atoms with Crippen LogP contribution in [0.4, 0.5) is 0 Å². The molecule has 0 aliphatic rings. The van der Waals surface area contributed by atoms with Gasteiger partial charge in [0.1, 0.15) is 0 Å². The number of rotatable bonds is 5. The summed E-state index contributed by atoms with van der Waals surface area (Å²) < 4.78 is 4.88. The number of thiol groups is 1. The minimum atomic E-state index is -0.419. The number of esters is 1. The molecule has 0 aliphatic heterocycles. The van der Waals surface area contributed by atoms with Crippen LogP contribution in [-0.4, -0.2) is 23.7 Å². The van der Waals surface area contributed by atoms with E-state index in [2.05, 4.69) is 28.6 Å². The van der Waals surface area contributed by atoms with Gasteiger partial charge in [-0.1, -0.05) is 22.0 Å². The fourth-order valence-corrected chi connectivity index (χ4v) is 1.98. The van der Waals surface area contributed by atoms with E-state index in [-0.39, 0.29) is 5.78 Å². The Kier molecular flexibility index (Phi) is 5.71. The van der Waals surface area contributed by atoms with E-state index in [0.29, 0.717) is 34.4 Å². The van der Waals surface area contributed by atoms with Crippen LogP contribution in [-0.2, 0) is 4.74 Å². The van der Waals surface area contributed by atoms with Crippen LogP contribution >= 0.6 is 28.6 Å². The number of alkyl halides is 1. The number of hydrogen-bond acceptors (Lipinski definition) is 4. The lowest BCUT2D eigenvalue weighted by Crippen LogP contribution is -2.07. The first-order valence-corrected chi connectivity index (χ1v) is 6.76. The van der Waals surface area contributed by atoms with E-state index in [1.54, 1.807) is 25.1 Å². The van der Waals surface area contributed by atoms with Gasteiger partial charge in [0.15, 0.2) is 5.78 Å². The van der Waals surface area contributed by atoms with Crippen LogP contribution in [0.3, 0.4) is 0 Å². The second-order valence-electron chi connectivity index (χ2n) is 3.31. The van der Waals surface area contributed by atoms with Crippen molar-refractivity contribution in [3.63, 3.8) is 0 Å². The minimum Gasteiger partial charge on any atom is -0.462 e. The Morgan fingerprint density at radius 3 is 2.65 bits per heavy atom. The summed E-state index contributed by atoms with van der Waals surface area (Å²) in [5, 5.41) is 0.618.